The zero-order valence-electron chi connectivity index (χ0n) is 21.4. The molecular formula is C27H28F2N2O6S2. The van der Waals surface area contributed by atoms with Gasteiger partial charge in [0, 0.05) is 17.0 Å². The lowest BCUT2D eigenvalue weighted by atomic mass is 10.1. The molecule has 3 aromatic rings. The van der Waals surface area contributed by atoms with Crippen molar-refractivity contribution in [1.29, 1.82) is 0 Å². The second-order valence-electron chi connectivity index (χ2n) is 8.38. The minimum atomic E-state index is -3.86. The van der Waals surface area contributed by atoms with Gasteiger partial charge >= 0.3 is 5.97 Å². The standard InChI is InChI=1S/C27H28F2N2O6S2/c1-3-36-26(32)16-31(11-12-39(30,34)35)27(33)20-6-4-5-18(13-20)17-37-21-9-7-19(8-10-21)22-14-23(28)24(29)15-25(22)38-2/h4-10,13-15H,3,11-12,16-17H2,1-2H3,(H2,30,34,35). The Labute approximate surface area is 230 Å². The van der Waals surface area contributed by atoms with Crippen molar-refractivity contribution in [1.82, 2.24) is 4.90 Å². The third-order valence-electron chi connectivity index (χ3n) is 5.55. The van der Waals surface area contributed by atoms with Crippen LogP contribution in [-0.2, 0) is 26.2 Å². The maximum Gasteiger partial charge on any atom is 0.325 e. The number of thioether (sulfide) groups is 1. The number of halogens is 2. The molecule has 0 aliphatic rings. The van der Waals surface area contributed by atoms with Gasteiger partial charge in [0.15, 0.2) is 11.6 Å². The molecule has 208 valence electrons. The highest BCUT2D eigenvalue weighted by Crippen LogP contribution is 2.33. The Morgan fingerprint density at radius 1 is 1.03 bits per heavy atom. The van der Waals surface area contributed by atoms with Gasteiger partial charge in [-0.3, -0.25) is 9.59 Å². The van der Waals surface area contributed by atoms with Crippen molar-refractivity contribution in [3.05, 3.63) is 83.4 Å². The van der Waals surface area contributed by atoms with Gasteiger partial charge < -0.3 is 14.4 Å². The third kappa shape index (κ3) is 8.77. The van der Waals surface area contributed by atoms with Gasteiger partial charge in [-0.25, -0.2) is 22.3 Å². The molecule has 3 rings (SSSR count). The van der Waals surface area contributed by atoms with E-state index in [1.807, 2.05) is 0 Å². The van der Waals surface area contributed by atoms with Crippen molar-refractivity contribution >= 4 is 33.7 Å². The Balaban J connectivity index is 1.71. The van der Waals surface area contributed by atoms with E-state index in [0.29, 0.717) is 27.3 Å². The number of ether oxygens (including phenoxy) is 2. The van der Waals surface area contributed by atoms with Crippen LogP contribution >= 0.6 is 11.8 Å². The predicted octanol–water partition coefficient (Wildman–Crippen LogP) is 4.23. The number of carbonyl (C=O) groups is 2. The number of rotatable bonds is 12. The first-order valence-electron chi connectivity index (χ1n) is 11.8. The second kappa shape index (κ2) is 13.5. The fourth-order valence-electron chi connectivity index (χ4n) is 3.65. The van der Waals surface area contributed by atoms with Crippen LogP contribution in [-0.4, -0.2) is 56.9 Å². The number of nitrogens with zero attached hydrogens (tertiary/aromatic N) is 1. The Bertz CT molecular complexity index is 1430. The fourth-order valence-corrected chi connectivity index (χ4v) is 4.74. The molecule has 0 radical (unpaired) electrons. The van der Waals surface area contributed by atoms with Gasteiger partial charge in [-0.1, -0.05) is 24.3 Å². The van der Waals surface area contributed by atoms with Gasteiger partial charge in [0.05, 0.1) is 12.4 Å². The van der Waals surface area contributed by atoms with E-state index in [1.165, 1.54) is 11.8 Å². The zero-order chi connectivity index (χ0) is 28.6. The Morgan fingerprint density at radius 2 is 1.72 bits per heavy atom. The Morgan fingerprint density at radius 3 is 2.36 bits per heavy atom. The first kappa shape index (κ1) is 30.1. The van der Waals surface area contributed by atoms with Crippen LogP contribution in [0.2, 0.25) is 0 Å². The first-order chi connectivity index (χ1) is 18.5. The Hall–Kier alpha value is -3.48. The lowest BCUT2D eigenvalue weighted by molar-refractivity contribution is -0.143. The number of amides is 1. The largest absolute Gasteiger partial charge is 0.489 e. The van der Waals surface area contributed by atoms with Crippen molar-refractivity contribution in [2.24, 2.45) is 5.14 Å². The van der Waals surface area contributed by atoms with Gasteiger partial charge in [0.1, 0.15) is 18.9 Å². The number of esters is 1. The molecule has 0 bridgehead atoms. The number of benzene rings is 3. The highest BCUT2D eigenvalue weighted by atomic mass is 32.2. The quantitative estimate of drug-likeness (QED) is 0.253. The zero-order valence-corrected chi connectivity index (χ0v) is 23.0. The first-order valence-corrected chi connectivity index (χ1v) is 14.7. The van der Waals surface area contributed by atoms with Crippen LogP contribution in [0.5, 0.6) is 5.75 Å². The van der Waals surface area contributed by atoms with Crippen LogP contribution in [0, 0.1) is 11.6 Å². The molecule has 8 nitrogen and oxygen atoms in total. The van der Waals surface area contributed by atoms with E-state index in [4.69, 9.17) is 14.6 Å². The molecule has 0 fully saturated rings. The molecule has 0 unspecified atom stereocenters. The molecule has 0 aromatic heterocycles. The molecule has 0 atom stereocenters. The summed E-state index contributed by atoms with van der Waals surface area (Å²) in [5, 5.41) is 5.07. The molecule has 3 aromatic carbocycles. The van der Waals surface area contributed by atoms with Crippen LogP contribution < -0.4 is 9.88 Å². The van der Waals surface area contributed by atoms with Gasteiger partial charge in [0.25, 0.3) is 5.91 Å². The van der Waals surface area contributed by atoms with E-state index < -0.39 is 45.8 Å². The SMILES string of the molecule is CCOC(=O)CN(CCS(N)(=O)=O)C(=O)c1cccc(COc2ccc(-c3cc(F)c(F)cc3SC)cc2)c1. The second-order valence-corrected chi connectivity index (χ2v) is 11.0. The maximum absolute atomic E-state index is 13.8. The fraction of sp³-hybridized carbons (Fsp3) is 0.259. The van der Waals surface area contributed by atoms with E-state index in [2.05, 4.69) is 0 Å². The topological polar surface area (TPSA) is 116 Å². The summed E-state index contributed by atoms with van der Waals surface area (Å²) in [6.45, 7) is 1.14. The number of sulfonamides is 1. The normalized spacial score (nSPS) is 11.2. The molecule has 0 saturated carbocycles. The molecule has 12 heteroatoms. The van der Waals surface area contributed by atoms with Gasteiger partial charge in [-0.15, -0.1) is 11.8 Å². The summed E-state index contributed by atoms with van der Waals surface area (Å²) in [4.78, 5) is 26.7. The number of hydrogen-bond donors (Lipinski definition) is 1. The minimum absolute atomic E-state index is 0.108. The highest BCUT2D eigenvalue weighted by Gasteiger charge is 2.21. The van der Waals surface area contributed by atoms with E-state index in [-0.39, 0.29) is 25.3 Å². The number of hydrogen-bond acceptors (Lipinski definition) is 7. The lowest BCUT2D eigenvalue weighted by Gasteiger charge is -2.21. The van der Waals surface area contributed by atoms with Crippen molar-refractivity contribution in [2.45, 2.75) is 18.4 Å². The van der Waals surface area contributed by atoms with E-state index in [0.717, 1.165) is 17.0 Å². The van der Waals surface area contributed by atoms with Gasteiger partial charge in [-0.2, -0.15) is 0 Å². The van der Waals surface area contributed by atoms with Crippen molar-refractivity contribution in [2.75, 3.05) is 31.7 Å². The van der Waals surface area contributed by atoms with Crippen LogP contribution in [0.25, 0.3) is 11.1 Å². The van der Waals surface area contributed by atoms with Crippen LogP contribution in [0.3, 0.4) is 0 Å². The van der Waals surface area contributed by atoms with Crippen molar-refractivity contribution in [3.63, 3.8) is 0 Å². The number of carbonyl (C=O) groups excluding carboxylic acids is 2. The molecule has 0 aliphatic carbocycles. The van der Waals surface area contributed by atoms with E-state index >= 15 is 0 Å². The summed E-state index contributed by atoms with van der Waals surface area (Å²) < 4.78 is 61.0. The monoisotopic (exact) mass is 578 g/mol. The molecule has 0 heterocycles. The van der Waals surface area contributed by atoms with Crippen LogP contribution in [0.15, 0.2) is 65.6 Å². The van der Waals surface area contributed by atoms with Gasteiger partial charge in [-0.05, 0) is 66.3 Å². The molecule has 2 N–H and O–H groups in total. The number of nitrogens with two attached hydrogens (primary N) is 1. The summed E-state index contributed by atoms with van der Waals surface area (Å²) >= 11 is 1.31. The minimum Gasteiger partial charge on any atom is -0.489 e. The molecule has 0 aliphatic heterocycles. The Kier molecular flexibility index (Phi) is 10.4. The highest BCUT2D eigenvalue weighted by molar-refractivity contribution is 7.98. The van der Waals surface area contributed by atoms with E-state index in [9.17, 15) is 26.8 Å². The van der Waals surface area contributed by atoms with Crippen molar-refractivity contribution in [3.8, 4) is 16.9 Å². The summed E-state index contributed by atoms with van der Waals surface area (Å²) in [5.74, 6) is -3.06. The molecule has 0 spiro atoms. The number of primary sulfonamides is 1. The molecular weight excluding hydrogens is 550 g/mol. The summed E-state index contributed by atoms with van der Waals surface area (Å²) in [6, 6.07) is 15.7. The van der Waals surface area contributed by atoms with Crippen LogP contribution in [0.4, 0.5) is 8.78 Å². The third-order valence-corrected chi connectivity index (χ3v) is 7.07. The maximum atomic E-state index is 13.8. The summed E-state index contributed by atoms with van der Waals surface area (Å²) in [7, 11) is -3.86. The summed E-state index contributed by atoms with van der Waals surface area (Å²) in [5.41, 5.74) is 2.14. The van der Waals surface area contributed by atoms with E-state index in [1.54, 1.807) is 61.7 Å². The average Bonchev–Trinajstić information content (AvgIpc) is 2.91. The van der Waals surface area contributed by atoms with Crippen LogP contribution in [0.1, 0.15) is 22.8 Å². The van der Waals surface area contributed by atoms with Gasteiger partial charge in [0.2, 0.25) is 10.0 Å². The predicted molar refractivity (Wildman–Crippen MR) is 145 cm³/mol. The lowest BCUT2D eigenvalue weighted by Crippen LogP contribution is -2.40. The molecule has 0 saturated heterocycles. The molecule has 39 heavy (non-hydrogen) atoms. The smallest absolute Gasteiger partial charge is 0.325 e. The molecule has 1 amide bonds. The van der Waals surface area contributed by atoms with Crippen molar-refractivity contribution < 1.29 is 36.3 Å². The summed E-state index contributed by atoms with van der Waals surface area (Å²) in [6.07, 6.45) is 1.78. The average molecular weight is 579 g/mol.